The molecule has 6 heteroatoms. The Labute approximate surface area is 116 Å². The Kier molecular flexibility index (Phi) is 8.95. The summed E-state index contributed by atoms with van der Waals surface area (Å²) in [5, 5.41) is 4.75. The maximum Gasteiger partial charge on any atom is 0.415 e. The van der Waals surface area contributed by atoms with Crippen molar-refractivity contribution in [2.24, 2.45) is 0 Å². The molecule has 6 nitrogen and oxygen atoms in total. The highest BCUT2D eigenvalue weighted by Gasteiger charge is 2.10. The van der Waals surface area contributed by atoms with Gasteiger partial charge in [0.05, 0.1) is 40.8 Å². The van der Waals surface area contributed by atoms with Gasteiger partial charge in [0.15, 0.2) is 0 Å². The summed E-state index contributed by atoms with van der Waals surface area (Å²) in [6, 6.07) is -0.507. The SMILES string of the molecule is CCCCCCOC(=O)NC(=O)NCC[N+](C)(C)C. The number of likely N-dealkylation sites (N-methyl/N-ethyl adjacent to an activating group) is 1. The standard InChI is InChI=1S/C13H27N3O3/c1-5-6-7-8-11-19-13(18)15-12(17)14-9-10-16(2,3)4/h5-11H2,1-4H3,(H-,14,15,17,18)/p+1. The van der Waals surface area contributed by atoms with Crippen molar-refractivity contribution in [3.8, 4) is 0 Å². The Morgan fingerprint density at radius 2 is 1.79 bits per heavy atom. The first-order valence-corrected chi connectivity index (χ1v) is 6.87. The van der Waals surface area contributed by atoms with E-state index >= 15 is 0 Å². The van der Waals surface area contributed by atoms with E-state index in [1.165, 1.54) is 0 Å². The normalized spacial score (nSPS) is 10.9. The maximum atomic E-state index is 11.3. The highest BCUT2D eigenvalue weighted by atomic mass is 16.5. The van der Waals surface area contributed by atoms with Gasteiger partial charge in [-0.25, -0.2) is 14.9 Å². The summed E-state index contributed by atoms with van der Waals surface area (Å²) < 4.78 is 5.64. The van der Waals surface area contributed by atoms with Crippen molar-refractivity contribution in [3.63, 3.8) is 0 Å². The van der Waals surface area contributed by atoms with Gasteiger partial charge < -0.3 is 14.5 Å². The van der Waals surface area contributed by atoms with Crippen LogP contribution in [0.2, 0.25) is 0 Å². The minimum atomic E-state index is -0.681. The number of nitrogens with zero attached hydrogens (tertiary/aromatic N) is 1. The molecule has 0 aromatic heterocycles. The molecule has 0 unspecified atom stereocenters. The van der Waals surface area contributed by atoms with Crippen molar-refractivity contribution >= 4 is 12.1 Å². The molecule has 0 aliphatic heterocycles. The Hall–Kier alpha value is -1.30. The van der Waals surface area contributed by atoms with Crippen LogP contribution in [0.4, 0.5) is 9.59 Å². The summed E-state index contributed by atoms with van der Waals surface area (Å²) in [4.78, 5) is 22.6. The lowest BCUT2D eigenvalue weighted by Crippen LogP contribution is -2.46. The van der Waals surface area contributed by atoms with Crippen LogP contribution in [0.5, 0.6) is 0 Å². The molecule has 112 valence electrons. The first-order valence-electron chi connectivity index (χ1n) is 6.87. The number of hydrogen-bond acceptors (Lipinski definition) is 3. The molecule has 0 heterocycles. The average Bonchev–Trinajstić information content (AvgIpc) is 2.26. The van der Waals surface area contributed by atoms with E-state index in [9.17, 15) is 9.59 Å². The number of imide groups is 1. The van der Waals surface area contributed by atoms with Gasteiger partial charge in [0.1, 0.15) is 0 Å². The number of nitrogens with one attached hydrogen (secondary N) is 2. The second-order valence-electron chi connectivity index (χ2n) is 5.59. The van der Waals surface area contributed by atoms with Crippen LogP contribution >= 0.6 is 0 Å². The van der Waals surface area contributed by atoms with E-state index in [2.05, 4.69) is 17.6 Å². The number of carbonyl (C=O) groups is 2. The van der Waals surface area contributed by atoms with E-state index in [1.54, 1.807) is 0 Å². The van der Waals surface area contributed by atoms with Crippen molar-refractivity contribution in [1.29, 1.82) is 0 Å². The van der Waals surface area contributed by atoms with Crippen molar-refractivity contribution in [1.82, 2.24) is 10.6 Å². The summed E-state index contributed by atoms with van der Waals surface area (Å²) in [6.45, 7) is 3.78. The van der Waals surface area contributed by atoms with Gasteiger partial charge in [-0.05, 0) is 6.42 Å². The fraction of sp³-hybridized carbons (Fsp3) is 0.846. The average molecular weight is 274 g/mol. The predicted molar refractivity (Wildman–Crippen MR) is 74.9 cm³/mol. The number of ether oxygens (including phenoxy) is 1. The van der Waals surface area contributed by atoms with Crippen LogP contribution in [0.3, 0.4) is 0 Å². The number of quaternary nitrogens is 1. The smallest absolute Gasteiger partial charge is 0.415 e. The second-order valence-corrected chi connectivity index (χ2v) is 5.59. The Morgan fingerprint density at radius 3 is 2.37 bits per heavy atom. The molecule has 19 heavy (non-hydrogen) atoms. The number of unbranched alkanes of at least 4 members (excludes halogenated alkanes) is 3. The molecule has 0 aromatic rings. The van der Waals surface area contributed by atoms with Crippen LogP contribution in [0.15, 0.2) is 0 Å². The third-order valence-electron chi connectivity index (χ3n) is 2.51. The Bertz CT molecular complexity index is 275. The summed E-state index contributed by atoms with van der Waals surface area (Å²) in [5.41, 5.74) is 0. The van der Waals surface area contributed by atoms with Crippen LogP contribution in [0, 0.1) is 0 Å². The minimum absolute atomic E-state index is 0.359. The largest absolute Gasteiger partial charge is 0.449 e. The van der Waals surface area contributed by atoms with Gasteiger partial charge in [0.25, 0.3) is 0 Å². The lowest BCUT2D eigenvalue weighted by atomic mass is 10.2. The number of hydrogen-bond donors (Lipinski definition) is 2. The van der Waals surface area contributed by atoms with Crippen molar-refractivity contribution in [2.75, 3.05) is 40.8 Å². The van der Waals surface area contributed by atoms with E-state index < -0.39 is 12.1 Å². The van der Waals surface area contributed by atoms with Gasteiger partial charge in [-0.1, -0.05) is 26.2 Å². The third kappa shape index (κ3) is 12.9. The molecule has 0 fully saturated rings. The lowest BCUT2D eigenvalue weighted by Gasteiger charge is -2.23. The molecule has 0 aliphatic rings. The zero-order valence-electron chi connectivity index (χ0n) is 12.6. The molecule has 0 aromatic carbocycles. The quantitative estimate of drug-likeness (QED) is 0.523. The maximum absolute atomic E-state index is 11.3. The summed E-state index contributed by atoms with van der Waals surface area (Å²) in [5.74, 6) is 0. The van der Waals surface area contributed by atoms with Crippen molar-refractivity contribution in [2.45, 2.75) is 32.6 Å². The molecule has 3 amide bonds. The highest BCUT2D eigenvalue weighted by Crippen LogP contribution is 1.98. The number of alkyl carbamates (subject to hydrolysis) is 1. The molecule has 0 saturated heterocycles. The van der Waals surface area contributed by atoms with Crippen LogP contribution in [0.25, 0.3) is 0 Å². The minimum Gasteiger partial charge on any atom is -0.449 e. The van der Waals surface area contributed by atoms with E-state index in [4.69, 9.17) is 4.74 Å². The zero-order chi connectivity index (χ0) is 14.7. The number of urea groups is 1. The highest BCUT2D eigenvalue weighted by molar-refractivity contribution is 5.90. The van der Waals surface area contributed by atoms with Crippen LogP contribution in [0.1, 0.15) is 32.6 Å². The van der Waals surface area contributed by atoms with E-state index in [0.29, 0.717) is 13.2 Å². The van der Waals surface area contributed by atoms with Gasteiger partial charge in [-0.2, -0.15) is 0 Å². The van der Waals surface area contributed by atoms with Crippen LogP contribution < -0.4 is 10.6 Å². The molecular formula is C13H28N3O3+. The van der Waals surface area contributed by atoms with E-state index in [0.717, 1.165) is 36.7 Å². The monoisotopic (exact) mass is 274 g/mol. The first-order chi connectivity index (χ1) is 8.85. The van der Waals surface area contributed by atoms with Gasteiger partial charge in [-0.3, -0.25) is 0 Å². The molecular weight excluding hydrogens is 246 g/mol. The second kappa shape index (κ2) is 9.61. The first kappa shape index (κ1) is 17.7. The van der Waals surface area contributed by atoms with E-state index in [-0.39, 0.29) is 0 Å². The fourth-order valence-electron chi connectivity index (χ4n) is 1.37. The molecule has 0 spiro atoms. The number of amides is 3. The molecule has 0 rings (SSSR count). The van der Waals surface area contributed by atoms with Crippen molar-refractivity contribution in [3.05, 3.63) is 0 Å². The molecule has 0 atom stereocenters. The van der Waals surface area contributed by atoms with E-state index in [1.807, 2.05) is 21.1 Å². The summed E-state index contributed by atoms with van der Waals surface area (Å²) in [6.07, 6.45) is 3.47. The number of rotatable bonds is 8. The lowest BCUT2D eigenvalue weighted by molar-refractivity contribution is -0.869. The Morgan fingerprint density at radius 1 is 1.11 bits per heavy atom. The van der Waals surface area contributed by atoms with Crippen LogP contribution in [-0.4, -0.2) is 57.4 Å². The third-order valence-corrected chi connectivity index (χ3v) is 2.51. The summed E-state index contributed by atoms with van der Waals surface area (Å²) in [7, 11) is 6.10. The molecule has 0 bridgehead atoms. The van der Waals surface area contributed by atoms with Gasteiger partial charge in [0.2, 0.25) is 0 Å². The predicted octanol–water partition coefficient (Wildman–Crippen LogP) is 1.71. The topological polar surface area (TPSA) is 67.4 Å². The zero-order valence-corrected chi connectivity index (χ0v) is 12.6. The molecule has 0 aliphatic carbocycles. The molecule has 0 radical (unpaired) electrons. The number of carbonyl (C=O) groups excluding carboxylic acids is 2. The molecule has 2 N–H and O–H groups in total. The Balaban J connectivity index is 3.56. The fourth-order valence-corrected chi connectivity index (χ4v) is 1.37. The van der Waals surface area contributed by atoms with Gasteiger partial charge >= 0.3 is 12.1 Å². The van der Waals surface area contributed by atoms with Gasteiger partial charge in [0, 0.05) is 0 Å². The molecule has 0 saturated carbocycles. The van der Waals surface area contributed by atoms with Gasteiger partial charge in [-0.15, -0.1) is 0 Å². The van der Waals surface area contributed by atoms with Crippen LogP contribution in [-0.2, 0) is 4.74 Å². The summed E-state index contributed by atoms with van der Waals surface area (Å²) >= 11 is 0. The van der Waals surface area contributed by atoms with Crippen molar-refractivity contribution < 1.29 is 18.8 Å².